The molecule has 0 radical (unpaired) electrons. The highest BCUT2D eigenvalue weighted by Gasteiger charge is 2.09. The topological polar surface area (TPSA) is 51.7 Å². The van der Waals surface area contributed by atoms with Crippen molar-refractivity contribution < 1.29 is 14.3 Å². The molecule has 0 spiro atoms. The van der Waals surface area contributed by atoms with Crippen LogP contribution in [0.3, 0.4) is 0 Å². The molecule has 1 aromatic carbocycles. The molecule has 0 atom stereocenters. The van der Waals surface area contributed by atoms with Crippen LogP contribution >= 0.6 is 0 Å². The maximum Gasteiger partial charge on any atom is 0.222 e. The van der Waals surface area contributed by atoms with E-state index in [4.69, 9.17) is 9.47 Å². The molecule has 0 aliphatic rings. The minimum atomic E-state index is 0.104. The number of methoxy groups -OCH3 is 1. The van der Waals surface area contributed by atoms with Crippen LogP contribution in [0.5, 0.6) is 11.5 Å². The number of ether oxygens (including phenoxy) is 2. The van der Waals surface area contributed by atoms with Gasteiger partial charge in [0, 0.05) is 32.4 Å². The second kappa shape index (κ2) is 8.78. The van der Waals surface area contributed by atoms with Crippen molar-refractivity contribution in [2.45, 2.75) is 19.4 Å². The predicted octanol–water partition coefficient (Wildman–Crippen LogP) is 2.91. The van der Waals surface area contributed by atoms with Gasteiger partial charge >= 0.3 is 0 Å². The highest BCUT2D eigenvalue weighted by atomic mass is 16.5. The van der Waals surface area contributed by atoms with Crippen molar-refractivity contribution in [1.29, 1.82) is 0 Å². The molecular formula is C18H22N2O3. The van der Waals surface area contributed by atoms with E-state index in [-0.39, 0.29) is 5.91 Å². The molecule has 5 nitrogen and oxygen atoms in total. The van der Waals surface area contributed by atoms with Gasteiger partial charge in [0.05, 0.1) is 13.7 Å². The summed E-state index contributed by atoms with van der Waals surface area (Å²) in [5.74, 6) is 1.68. The number of amides is 1. The summed E-state index contributed by atoms with van der Waals surface area (Å²) in [6.07, 6.45) is 4.65. The van der Waals surface area contributed by atoms with Crippen LogP contribution in [0.25, 0.3) is 0 Å². The Balaban J connectivity index is 1.67. The van der Waals surface area contributed by atoms with Gasteiger partial charge in [-0.25, -0.2) is 0 Å². The molecule has 2 aromatic rings. The molecule has 0 bridgehead atoms. The van der Waals surface area contributed by atoms with Crippen LogP contribution in [0, 0.1) is 0 Å². The molecule has 23 heavy (non-hydrogen) atoms. The van der Waals surface area contributed by atoms with Crippen LogP contribution in [-0.2, 0) is 11.3 Å². The molecule has 0 N–H and O–H groups in total. The first kappa shape index (κ1) is 16.8. The first-order chi connectivity index (χ1) is 11.2. The first-order valence-corrected chi connectivity index (χ1v) is 7.59. The highest BCUT2D eigenvalue weighted by Crippen LogP contribution is 2.17. The van der Waals surface area contributed by atoms with Crippen molar-refractivity contribution >= 4 is 5.91 Å². The zero-order valence-corrected chi connectivity index (χ0v) is 13.6. The van der Waals surface area contributed by atoms with Gasteiger partial charge in [-0.3, -0.25) is 9.78 Å². The lowest BCUT2D eigenvalue weighted by Crippen LogP contribution is -2.26. The zero-order chi connectivity index (χ0) is 16.5. The third kappa shape index (κ3) is 5.62. The summed E-state index contributed by atoms with van der Waals surface area (Å²) in [5, 5.41) is 0. The largest absolute Gasteiger partial charge is 0.497 e. The quantitative estimate of drug-likeness (QED) is 0.703. The predicted molar refractivity (Wildman–Crippen MR) is 88.4 cm³/mol. The van der Waals surface area contributed by atoms with Crippen molar-refractivity contribution in [1.82, 2.24) is 9.88 Å². The zero-order valence-electron chi connectivity index (χ0n) is 13.6. The second-order valence-electron chi connectivity index (χ2n) is 5.24. The Morgan fingerprint density at radius 2 is 1.91 bits per heavy atom. The average Bonchev–Trinajstić information content (AvgIpc) is 2.60. The van der Waals surface area contributed by atoms with E-state index in [1.165, 1.54) is 0 Å². The van der Waals surface area contributed by atoms with Crippen molar-refractivity contribution in [2.24, 2.45) is 0 Å². The number of benzene rings is 1. The standard InChI is InChI=1S/C18H22N2O3/c1-20(14-15-5-3-11-19-13-15)18(21)6-4-12-23-17-9-7-16(22-2)8-10-17/h3,5,7-11,13H,4,6,12,14H2,1-2H3. The van der Waals surface area contributed by atoms with Gasteiger partial charge in [0.25, 0.3) is 0 Å². The van der Waals surface area contributed by atoms with Gasteiger partial charge in [-0.05, 0) is 42.3 Å². The molecule has 1 aromatic heterocycles. The Morgan fingerprint density at radius 1 is 1.17 bits per heavy atom. The van der Waals surface area contributed by atoms with Gasteiger partial charge in [-0.1, -0.05) is 6.07 Å². The van der Waals surface area contributed by atoms with Crippen molar-refractivity contribution in [3.63, 3.8) is 0 Å². The van der Waals surface area contributed by atoms with E-state index in [0.29, 0.717) is 26.0 Å². The monoisotopic (exact) mass is 314 g/mol. The summed E-state index contributed by atoms with van der Waals surface area (Å²) < 4.78 is 10.7. The lowest BCUT2D eigenvalue weighted by Gasteiger charge is -2.17. The average molecular weight is 314 g/mol. The van der Waals surface area contributed by atoms with Gasteiger partial charge in [0.15, 0.2) is 0 Å². The Labute approximate surface area is 136 Å². The van der Waals surface area contributed by atoms with Gasteiger partial charge < -0.3 is 14.4 Å². The Bertz CT molecular complexity index is 599. The van der Waals surface area contributed by atoms with E-state index in [1.807, 2.05) is 36.4 Å². The molecule has 1 amide bonds. The van der Waals surface area contributed by atoms with Gasteiger partial charge in [0.2, 0.25) is 5.91 Å². The van der Waals surface area contributed by atoms with Gasteiger partial charge in [-0.15, -0.1) is 0 Å². The van der Waals surface area contributed by atoms with Crippen LogP contribution in [0.4, 0.5) is 0 Å². The molecule has 0 unspecified atom stereocenters. The number of pyridine rings is 1. The summed E-state index contributed by atoms with van der Waals surface area (Å²) in [4.78, 5) is 17.8. The number of hydrogen-bond donors (Lipinski definition) is 0. The molecule has 0 aliphatic heterocycles. The number of carbonyl (C=O) groups excluding carboxylic acids is 1. The molecule has 5 heteroatoms. The lowest BCUT2D eigenvalue weighted by atomic mass is 10.2. The maximum atomic E-state index is 12.1. The van der Waals surface area contributed by atoms with E-state index >= 15 is 0 Å². The Kier molecular flexibility index (Phi) is 6.41. The van der Waals surface area contributed by atoms with E-state index in [2.05, 4.69) is 4.98 Å². The molecule has 0 saturated carbocycles. The number of carbonyl (C=O) groups is 1. The molecule has 1 heterocycles. The van der Waals surface area contributed by atoms with Crippen LogP contribution in [-0.4, -0.2) is 36.6 Å². The molecule has 122 valence electrons. The van der Waals surface area contributed by atoms with E-state index in [9.17, 15) is 4.79 Å². The minimum absolute atomic E-state index is 0.104. The summed E-state index contributed by atoms with van der Waals surface area (Å²) in [5.41, 5.74) is 1.03. The normalized spacial score (nSPS) is 10.2. The number of hydrogen-bond acceptors (Lipinski definition) is 4. The van der Waals surface area contributed by atoms with Crippen LogP contribution in [0.2, 0.25) is 0 Å². The number of nitrogens with zero attached hydrogens (tertiary/aromatic N) is 2. The van der Waals surface area contributed by atoms with E-state index in [1.54, 1.807) is 31.5 Å². The number of aromatic nitrogens is 1. The third-order valence-electron chi connectivity index (χ3n) is 3.43. The third-order valence-corrected chi connectivity index (χ3v) is 3.43. The first-order valence-electron chi connectivity index (χ1n) is 7.59. The molecular weight excluding hydrogens is 292 g/mol. The van der Waals surface area contributed by atoms with Crippen LogP contribution in [0.1, 0.15) is 18.4 Å². The van der Waals surface area contributed by atoms with E-state index in [0.717, 1.165) is 17.1 Å². The molecule has 0 aliphatic carbocycles. The lowest BCUT2D eigenvalue weighted by molar-refractivity contribution is -0.130. The summed E-state index contributed by atoms with van der Waals surface area (Å²) >= 11 is 0. The highest BCUT2D eigenvalue weighted by molar-refractivity contribution is 5.75. The SMILES string of the molecule is COc1ccc(OCCCC(=O)N(C)Cc2cccnc2)cc1. The Morgan fingerprint density at radius 3 is 2.57 bits per heavy atom. The summed E-state index contributed by atoms with van der Waals surface area (Å²) in [7, 11) is 3.43. The van der Waals surface area contributed by atoms with Crippen LogP contribution in [0.15, 0.2) is 48.8 Å². The van der Waals surface area contributed by atoms with Crippen molar-refractivity contribution in [3.8, 4) is 11.5 Å². The fourth-order valence-corrected chi connectivity index (χ4v) is 2.13. The van der Waals surface area contributed by atoms with Gasteiger partial charge in [0.1, 0.15) is 11.5 Å². The number of rotatable bonds is 8. The minimum Gasteiger partial charge on any atom is -0.497 e. The second-order valence-corrected chi connectivity index (χ2v) is 5.24. The Hall–Kier alpha value is -2.56. The van der Waals surface area contributed by atoms with E-state index < -0.39 is 0 Å². The summed E-state index contributed by atoms with van der Waals surface area (Å²) in [6, 6.07) is 11.2. The molecule has 0 fully saturated rings. The van der Waals surface area contributed by atoms with Gasteiger partial charge in [-0.2, -0.15) is 0 Å². The van der Waals surface area contributed by atoms with Crippen molar-refractivity contribution in [2.75, 3.05) is 20.8 Å². The van der Waals surface area contributed by atoms with Crippen LogP contribution < -0.4 is 9.47 Å². The molecule has 2 rings (SSSR count). The smallest absolute Gasteiger partial charge is 0.222 e. The fraction of sp³-hybridized carbons (Fsp3) is 0.333. The van der Waals surface area contributed by atoms with Crippen molar-refractivity contribution in [3.05, 3.63) is 54.4 Å². The molecule has 0 saturated heterocycles. The maximum absolute atomic E-state index is 12.1. The fourth-order valence-electron chi connectivity index (χ4n) is 2.13. The summed E-state index contributed by atoms with van der Waals surface area (Å²) in [6.45, 7) is 1.09.